The van der Waals surface area contributed by atoms with Crippen molar-refractivity contribution in [3.05, 3.63) is 75.1 Å². The van der Waals surface area contributed by atoms with Crippen molar-refractivity contribution in [1.29, 1.82) is 5.26 Å². The molecular weight excluding hydrogens is 469 g/mol. The third-order valence-corrected chi connectivity index (χ3v) is 7.54. The van der Waals surface area contributed by atoms with E-state index < -0.39 is 0 Å². The van der Waals surface area contributed by atoms with Gasteiger partial charge in [-0.25, -0.2) is 0 Å². The smallest absolute Gasteiger partial charge is 0.155 e. The molecule has 0 unspecified atom stereocenters. The molecule has 31 heavy (non-hydrogen) atoms. The Morgan fingerprint density at radius 3 is 2.45 bits per heavy atom. The molecule has 3 nitrogen and oxygen atoms in total. The highest BCUT2D eigenvalue weighted by atomic mass is 35.5. The van der Waals surface area contributed by atoms with Crippen LogP contribution in [0.15, 0.2) is 52.1 Å². The fourth-order valence-corrected chi connectivity index (χ4v) is 4.93. The zero-order valence-electron chi connectivity index (χ0n) is 17.6. The number of rotatable bonds is 9. The largest absolute Gasteiger partial charge is 0.489 e. The second kappa shape index (κ2) is 10.7. The van der Waals surface area contributed by atoms with Crippen LogP contribution in [0.25, 0.3) is 0 Å². The van der Waals surface area contributed by atoms with Crippen molar-refractivity contribution in [3.8, 4) is 17.6 Å². The fraction of sp³-hybridized carbons (Fsp3) is 0.292. The lowest BCUT2D eigenvalue weighted by Gasteiger charge is -2.27. The molecule has 3 aromatic rings. The molecule has 0 bridgehead atoms. The van der Waals surface area contributed by atoms with Crippen LogP contribution < -0.4 is 9.47 Å². The second-order valence-electron chi connectivity index (χ2n) is 7.40. The van der Waals surface area contributed by atoms with Gasteiger partial charge in [0.2, 0.25) is 0 Å². The van der Waals surface area contributed by atoms with Crippen LogP contribution in [0.3, 0.4) is 0 Å². The van der Waals surface area contributed by atoms with E-state index in [0.717, 1.165) is 16.9 Å². The molecule has 1 heterocycles. The van der Waals surface area contributed by atoms with Crippen molar-refractivity contribution >= 4 is 46.3 Å². The normalized spacial score (nSPS) is 11.2. The third-order valence-electron chi connectivity index (χ3n) is 5.02. The van der Waals surface area contributed by atoms with Crippen molar-refractivity contribution < 1.29 is 9.47 Å². The molecule has 0 aliphatic heterocycles. The quantitative estimate of drug-likeness (QED) is 0.229. The van der Waals surface area contributed by atoms with E-state index in [0.29, 0.717) is 35.4 Å². The molecule has 0 atom stereocenters. The van der Waals surface area contributed by atoms with Gasteiger partial charge in [-0.15, -0.1) is 34.7 Å². The molecule has 3 rings (SSSR count). The van der Waals surface area contributed by atoms with Gasteiger partial charge in [0.25, 0.3) is 0 Å². The summed E-state index contributed by atoms with van der Waals surface area (Å²) in [7, 11) is 0. The summed E-state index contributed by atoms with van der Waals surface area (Å²) in [5.74, 6) is 1.52. The van der Waals surface area contributed by atoms with Crippen molar-refractivity contribution in [2.24, 2.45) is 0 Å². The highest BCUT2D eigenvalue weighted by Crippen LogP contribution is 2.38. The predicted molar refractivity (Wildman–Crippen MR) is 131 cm³/mol. The number of hydrogen-bond acceptors (Lipinski definition) is 5. The molecule has 0 N–H and O–H groups in total. The Morgan fingerprint density at radius 2 is 1.84 bits per heavy atom. The van der Waals surface area contributed by atoms with E-state index in [-0.39, 0.29) is 5.41 Å². The Bertz CT molecular complexity index is 1070. The molecule has 0 saturated heterocycles. The maximum atomic E-state index is 9.57. The van der Waals surface area contributed by atoms with Gasteiger partial charge in [0.15, 0.2) is 5.75 Å². The van der Waals surface area contributed by atoms with Gasteiger partial charge in [-0.3, -0.25) is 0 Å². The second-order valence-corrected chi connectivity index (χ2v) is 10.2. The summed E-state index contributed by atoms with van der Waals surface area (Å²) in [6, 6.07) is 16.1. The van der Waals surface area contributed by atoms with E-state index in [1.807, 2.05) is 36.4 Å². The molecule has 162 valence electrons. The monoisotopic (exact) mass is 491 g/mol. The number of alkyl halides is 1. The van der Waals surface area contributed by atoms with Gasteiger partial charge in [-0.05, 0) is 53.1 Å². The summed E-state index contributed by atoms with van der Waals surface area (Å²) in [4.78, 5) is 0. The molecule has 0 fully saturated rings. The summed E-state index contributed by atoms with van der Waals surface area (Å²) < 4.78 is 12.8. The van der Waals surface area contributed by atoms with Crippen molar-refractivity contribution in [3.63, 3.8) is 0 Å². The fourth-order valence-electron chi connectivity index (χ4n) is 3.16. The topological polar surface area (TPSA) is 42.2 Å². The number of ether oxygens (including phenoxy) is 2. The number of halogens is 2. The van der Waals surface area contributed by atoms with Gasteiger partial charge in [0.1, 0.15) is 25.0 Å². The average molecular weight is 492 g/mol. The molecule has 0 amide bonds. The average Bonchev–Trinajstić information content (AvgIpc) is 3.24. The standard InChI is InChI=1S/C24H23Cl2NO2S2/c1-24(2,19-11-17(13-27)23(21(26)12-19)28-9-8-25)18-4-6-20(7-5-18)29-14-16-10-22(30-3)31-15-16/h4-7,10-12,15H,8-9,14H2,1-3H3. The minimum absolute atomic E-state index is 0.296. The SMILES string of the molecule is CSc1cc(COc2ccc(C(C)(C)c3cc(Cl)c(OCCCl)c(C#N)c3)cc2)cs1. The van der Waals surface area contributed by atoms with Crippen LogP contribution in [0, 0.1) is 11.3 Å². The minimum Gasteiger partial charge on any atom is -0.489 e. The molecule has 0 aliphatic rings. The molecule has 0 aliphatic carbocycles. The number of thioether (sulfide) groups is 1. The van der Waals surface area contributed by atoms with E-state index in [1.54, 1.807) is 23.1 Å². The van der Waals surface area contributed by atoms with Crippen LogP contribution in [0.5, 0.6) is 11.5 Å². The van der Waals surface area contributed by atoms with Gasteiger partial charge in [0.05, 0.1) is 20.7 Å². The minimum atomic E-state index is -0.362. The Balaban J connectivity index is 1.78. The summed E-state index contributed by atoms with van der Waals surface area (Å²) in [5, 5.41) is 12.1. The molecule has 0 radical (unpaired) electrons. The number of nitriles is 1. The molecule has 0 saturated carbocycles. The first kappa shape index (κ1) is 23.8. The van der Waals surface area contributed by atoms with Crippen LogP contribution in [0.1, 0.15) is 36.1 Å². The van der Waals surface area contributed by atoms with E-state index in [4.69, 9.17) is 32.7 Å². The van der Waals surface area contributed by atoms with Crippen LogP contribution in [-0.4, -0.2) is 18.7 Å². The summed E-state index contributed by atoms with van der Waals surface area (Å²) in [6.07, 6.45) is 2.07. The molecule has 0 spiro atoms. The first-order chi connectivity index (χ1) is 14.9. The maximum absolute atomic E-state index is 9.57. The van der Waals surface area contributed by atoms with Crippen LogP contribution >= 0.6 is 46.3 Å². The zero-order valence-corrected chi connectivity index (χ0v) is 20.7. The van der Waals surface area contributed by atoms with Crippen molar-refractivity contribution in [1.82, 2.24) is 0 Å². The van der Waals surface area contributed by atoms with Crippen molar-refractivity contribution in [2.45, 2.75) is 30.1 Å². The molecule has 2 aromatic carbocycles. The van der Waals surface area contributed by atoms with Crippen LogP contribution in [0.2, 0.25) is 5.02 Å². The highest BCUT2D eigenvalue weighted by molar-refractivity contribution is 8.00. The number of nitrogens with zero attached hydrogens (tertiary/aromatic N) is 1. The van der Waals surface area contributed by atoms with Crippen molar-refractivity contribution in [2.75, 3.05) is 18.7 Å². The predicted octanol–water partition coefficient (Wildman–Crippen LogP) is 7.52. The van der Waals surface area contributed by atoms with Crippen LogP contribution in [-0.2, 0) is 12.0 Å². The summed E-state index contributed by atoms with van der Waals surface area (Å²) >= 11 is 15.6. The molecule has 1 aromatic heterocycles. The highest BCUT2D eigenvalue weighted by Gasteiger charge is 2.26. The van der Waals surface area contributed by atoms with Gasteiger partial charge in [-0.1, -0.05) is 37.6 Å². The lowest BCUT2D eigenvalue weighted by atomic mass is 9.77. The molecular formula is C24H23Cl2NO2S2. The Morgan fingerprint density at radius 1 is 1.10 bits per heavy atom. The molecule has 7 heteroatoms. The summed E-state index contributed by atoms with van der Waals surface area (Å²) in [5.41, 5.74) is 3.24. The maximum Gasteiger partial charge on any atom is 0.155 e. The zero-order chi connectivity index (χ0) is 22.4. The van der Waals surface area contributed by atoms with E-state index >= 15 is 0 Å². The number of thiophene rings is 1. The summed E-state index contributed by atoms with van der Waals surface area (Å²) in [6.45, 7) is 5.05. The van der Waals surface area contributed by atoms with Gasteiger partial charge in [0, 0.05) is 11.0 Å². The van der Waals surface area contributed by atoms with E-state index in [9.17, 15) is 5.26 Å². The lowest BCUT2D eigenvalue weighted by molar-refractivity contribution is 0.306. The van der Waals surface area contributed by atoms with E-state index in [2.05, 4.69) is 37.6 Å². The Hall–Kier alpha value is -1.84. The van der Waals surface area contributed by atoms with Gasteiger partial charge < -0.3 is 9.47 Å². The van der Waals surface area contributed by atoms with Crippen LogP contribution in [0.4, 0.5) is 0 Å². The Labute approximate surface area is 201 Å². The first-order valence-electron chi connectivity index (χ1n) is 9.66. The first-order valence-corrected chi connectivity index (χ1v) is 12.7. The van der Waals surface area contributed by atoms with Gasteiger partial charge >= 0.3 is 0 Å². The number of hydrogen-bond donors (Lipinski definition) is 0. The van der Waals surface area contributed by atoms with E-state index in [1.165, 1.54) is 9.77 Å². The third kappa shape index (κ3) is 5.70. The number of benzene rings is 2. The Kier molecular flexibility index (Phi) is 8.18. The van der Waals surface area contributed by atoms with Gasteiger partial charge in [-0.2, -0.15) is 5.26 Å². The lowest BCUT2D eigenvalue weighted by Crippen LogP contribution is -2.19.